The number of para-hydroxylation sites is 1. The molecule has 4 nitrogen and oxygen atoms in total. The summed E-state index contributed by atoms with van der Waals surface area (Å²) >= 11 is 0. The number of nitrogens with one attached hydrogen (secondary N) is 2. The highest BCUT2D eigenvalue weighted by molar-refractivity contribution is 5.86. The second-order valence-corrected chi connectivity index (χ2v) is 7.01. The fourth-order valence-corrected chi connectivity index (χ4v) is 3.52. The lowest BCUT2D eigenvalue weighted by molar-refractivity contribution is -0.122. The lowest BCUT2D eigenvalue weighted by atomic mass is 9.95. The number of amides is 1. The van der Waals surface area contributed by atoms with E-state index < -0.39 is 6.04 Å². The van der Waals surface area contributed by atoms with E-state index in [0.717, 1.165) is 35.4 Å². The van der Waals surface area contributed by atoms with Crippen molar-refractivity contribution in [1.82, 2.24) is 5.32 Å². The zero-order valence-corrected chi connectivity index (χ0v) is 15.6. The van der Waals surface area contributed by atoms with E-state index in [1.54, 1.807) is 7.11 Å². The second kappa shape index (κ2) is 8.75. The zero-order chi connectivity index (χ0) is 18.4. The molecular weight excluding hydrogens is 324 g/mol. The summed E-state index contributed by atoms with van der Waals surface area (Å²) in [5.41, 5.74) is 3.03. The molecule has 0 heterocycles. The van der Waals surface area contributed by atoms with Crippen LogP contribution in [0.3, 0.4) is 0 Å². The van der Waals surface area contributed by atoms with Gasteiger partial charge in [-0.05, 0) is 49.1 Å². The molecule has 1 amide bonds. The summed E-state index contributed by atoms with van der Waals surface area (Å²) in [6, 6.07) is 15.6. The van der Waals surface area contributed by atoms with E-state index in [0.29, 0.717) is 0 Å². The summed E-state index contributed by atoms with van der Waals surface area (Å²) in [5, 5.41) is 6.69. The second-order valence-electron chi connectivity index (χ2n) is 7.01. The Bertz CT molecular complexity index is 721. The summed E-state index contributed by atoms with van der Waals surface area (Å²) < 4.78 is 5.25. The molecule has 1 aliphatic carbocycles. The summed E-state index contributed by atoms with van der Waals surface area (Å²) in [6.07, 6.45) is 5.82. The van der Waals surface area contributed by atoms with Crippen LogP contribution >= 0.6 is 0 Å². The van der Waals surface area contributed by atoms with Gasteiger partial charge in [0.25, 0.3) is 0 Å². The van der Waals surface area contributed by atoms with Crippen molar-refractivity contribution in [2.45, 2.75) is 51.1 Å². The minimum Gasteiger partial charge on any atom is -0.497 e. The first kappa shape index (κ1) is 18.3. The van der Waals surface area contributed by atoms with Crippen molar-refractivity contribution in [2.24, 2.45) is 0 Å². The summed E-state index contributed by atoms with van der Waals surface area (Å²) in [5.74, 6) is 0.821. The van der Waals surface area contributed by atoms with Crippen LogP contribution in [0.25, 0.3) is 0 Å². The number of hydrogen-bond acceptors (Lipinski definition) is 3. The third kappa shape index (κ3) is 4.57. The van der Waals surface area contributed by atoms with Gasteiger partial charge in [0.2, 0.25) is 5.91 Å². The fourth-order valence-electron chi connectivity index (χ4n) is 3.52. The number of carbonyl (C=O) groups is 1. The van der Waals surface area contributed by atoms with Gasteiger partial charge in [0, 0.05) is 11.7 Å². The molecule has 2 aromatic rings. The first-order valence-electron chi connectivity index (χ1n) is 9.44. The summed E-state index contributed by atoms with van der Waals surface area (Å²) in [7, 11) is 1.65. The van der Waals surface area contributed by atoms with Crippen LogP contribution in [0.2, 0.25) is 0 Å². The minimum atomic E-state index is -0.427. The quantitative estimate of drug-likeness (QED) is 0.798. The molecule has 0 unspecified atom stereocenters. The molecular formula is C22H28N2O2. The average Bonchev–Trinajstić information content (AvgIpc) is 2.68. The Labute approximate surface area is 156 Å². The lowest BCUT2D eigenvalue weighted by Gasteiger charge is -2.27. The van der Waals surface area contributed by atoms with Gasteiger partial charge in [-0.1, -0.05) is 49.6 Å². The number of benzene rings is 2. The predicted molar refractivity (Wildman–Crippen MR) is 106 cm³/mol. The number of ether oxygens (including phenoxy) is 1. The zero-order valence-electron chi connectivity index (χ0n) is 15.6. The normalized spacial score (nSPS) is 15.9. The Hall–Kier alpha value is -2.49. The molecule has 138 valence electrons. The summed E-state index contributed by atoms with van der Waals surface area (Å²) in [6.45, 7) is 2.05. The monoisotopic (exact) mass is 352 g/mol. The van der Waals surface area contributed by atoms with Crippen molar-refractivity contribution >= 4 is 11.6 Å². The van der Waals surface area contributed by atoms with Gasteiger partial charge in [-0.2, -0.15) is 0 Å². The Kier molecular flexibility index (Phi) is 6.16. The maximum atomic E-state index is 13.1. The third-order valence-electron chi connectivity index (χ3n) is 5.11. The first-order valence-corrected chi connectivity index (χ1v) is 9.44. The molecule has 1 atom stereocenters. The first-order chi connectivity index (χ1) is 12.7. The average molecular weight is 352 g/mol. The van der Waals surface area contributed by atoms with Crippen LogP contribution in [-0.2, 0) is 4.79 Å². The van der Waals surface area contributed by atoms with Gasteiger partial charge in [0.05, 0.1) is 7.11 Å². The van der Waals surface area contributed by atoms with E-state index in [1.807, 2.05) is 55.5 Å². The van der Waals surface area contributed by atoms with Crippen LogP contribution < -0.4 is 15.4 Å². The molecule has 0 aliphatic heterocycles. The third-order valence-corrected chi connectivity index (χ3v) is 5.11. The highest BCUT2D eigenvalue weighted by atomic mass is 16.5. The van der Waals surface area contributed by atoms with Crippen LogP contribution in [0.5, 0.6) is 5.75 Å². The van der Waals surface area contributed by atoms with Gasteiger partial charge >= 0.3 is 0 Å². The van der Waals surface area contributed by atoms with Crippen LogP contribution in [-0.4, -0.2) is 19.1 Å². The maximum Gasteiger partial charge on any atom is 0.247 e. The van der Waals surface area contributed by atoms with E-state index in [4.69, 9.17) is 4.74 Å². The van der Waals surface area contributed by atoms with E-state index in [-0.39, 0.29) is 11.9 Å². The Balaban J connectivity index is 1.82. The van der Waals surface area contributed by atoms with Crippen LogP contribution in [0.1, 0.15) is 49.3 Å². The van der Waals surface area contributed by atoms with Crippen molar-refractivity contribution in [3.05, 3.63) is 59.7 Å². The Morgan fingerprint density at radius 3 is 2.38 bits per heavy atom. The molecule has 4 heteroatoms. The number of carbonyl (C=O) groups excluding carboxylic acids is 1. The fraction of sp³-hybridized carbons (Fsp3) is 0.409. The van der Waals surface area contributed by atoms with Gasteiger partial charge in [-0.15, -0.1) is 0 Å². The molecule has 0 spiro atoms. The largest absolute Gasteiger partial charge is 0.497 e. The molecule has 2 aromatic carbocycles. The van der Waals surface area contributed by atoms with Crippen LogP contribution in [0.15, 0.2) is 48.5 Å². The number of methoxy groups -OCH3 is 1. The van der Waals surface area contributed by atoms with Crippen molar-refractivity contribution in [1.29, 1.82) is 0 Å². The van der Waals surface area contributed by atoms with Crippen LogP contribution in [0, 0.1) is 6.92 Å². The van der Waals surface area contributed by atoms with E-state index in [2.05, 4.69) is 10.6 Å². The van der Waals surface area contributed by atoms with E-state index >= 15 is 0 Å². The molecule has 2 N–H and O–H groups in total. The molecule has 3 rings (SSSR count). The van der Waals surface area contributed by atoms with E-state index in [9.17, 15) is 4.79 Å². The summed E-state index contributed by atoms with van der Waals surface area (Å²) in [4.78, 5) is 13.1. The van der Waals surface area contributed by atoms with Gasteiger partial charge in [-0.25, -0.2) is 0 Å². The molecule has 0 saturated heterocycles. The standard InChI is InChI=1S/C22H28N2O2/c1-16-8-6-7-11-20(16)24-21(17-12-14-19(26-2)15-13-17)22(25)23-18-9-4-3-5-10-18/h6-8,11-15,18,21,24H,3-5,9-10H2,1-2H3,(H,23,25)/t21-/m0/s1. The number of aryl methyl sites for hydroxylation is 1. The highest BCUT2D eigenvalue weighted by Gasteiger charge is 2.24. The molecule has 0 aromatic heterocycles. The van der Waals surface area contributed by atoms with Gasteiger partial charge in [0.1, 0.15) is 11.8 Å². The molecule has 0 radical (unpaired) electrons. The Morgan fingerprint density at radius 2 is 1.73 bits per heavy atom. The maximum absolute atomic E-state index is 13.1. The number of rotatable bonds is 6. The molecule has 26 heavy (non-hydrogen) atoms. The smallest absolute Gasteiger partial charge is 0.247 e. The van der Waals surface area contributed by atoms with Gasteiger partial charge < -0.3 is 15.4 Å². The van der Waals surface area contributed by atoms with Crippen molar-refractivity contribution in [2.75, 3.05) is 12.4 Å². The van der Waals surface area contributed by atoms with E-state index in [1.165, 1.54) is 19.3 Å². The number of anilines is 1. The van der Waals surface area contributed by atoms with Crippen molar-refractivity contribution in [3.8, 4) is 5.75 Å². The minimum absolute atomic E-state index is 0.0327. The van der Waals surface area contributed by atoms with Gasteiger partial charge in [0.15, 0.2) is 0 Å². The molecule has 0 bridgehead atoms. The highest BCUT2D eigenvalue weighted by Crippen LogP contribution is 2.25. The topological polar surface area (TPSA) is 50.4 Å². The number of hydrogen-bond donors (Lipinski definition) is 2. The molecule has 1 aliphatic rings. The van der Waals surface area contributed by atoms with Crippen molar-refractivity contribution < 1.29 is 9.53 Å². The SMILES string of the molecule is COc1ccc([C@H](Nc2ccccc2C)C(=O)NC2CCCCC2)cc1. The van der Waals surface area contributed by atoms with Crippen LogP contribution in [0.4, 0.5) is 5.69 Å². The lowest BCUT2D eigenvalue weighted by Crippen LogP contribution is -2.41. The van der Waals surface area contributed by atoms with Gasteiger partial charge in [-0.3, -0.25) is 4.79 Å². The molecule has 1 saturated carbocycles. The Morgan fingerprint density at radius 1 is 1.04 bits per heavy atom. The predicted octanol–water partition coefficient (Wildman–Crippen LogP) is 4.61. The van der Waals surface area contributed by atoms with Crippen molar-refractivity contribution in [3.63, 3.8) is 0 Å². The molecule has 1 fully saturated rings.